The third-order valence-electron chi connectivity index (χ3n) is 3.69. The normalized spacial score (nSPS) is 12.8. The first-order chi connectivity index (χ1) is 10.5. The van der Waals surface area contributed by atoms with Gasteiger partial charge in [0, 0.05) is 5.02 Å². The number of benzene rings is 2. The van der Waals surface area contributed by atoms with Crippen molar-refractivity contribution in [3.63, 3.8) is 0 Å². The summed E-state index contributed by atoms with van der Waals surface area (Å²) in [6, 6.07) is 13.8. The molecule has 4 heteroatoms. The monoisotopic (exact) mass is 314 g/mol. The minimum absolute atomic E-state index is 0.161. The van der Waals surface area contributed by atoms with Crippen LogP contribution >= 0.6 is 11.6 Å². The van der Waals surface area contributed by atoms with Crippen LogP contribution in [0.4, 0.5) is 0 Å². The number of hydrogen-bond acceptors (Lipinski definition) is 2. The van der Waals surface area contributed by atoms with Gasteiger partial charge in [-0.3, -0.25) is 0 Å². The van der Waals surface area contributed by atoms with E-state index in [0.717, 1.165) is 22.6 Å². The van der Waals surface area contributed by atoms with Gasteiger partial charge in [0.25, 0.3) is 0 Å². The molecule has 3 rings (SSSR count). The molecule has 0 saturated carbocycles. The molecule has 22 heavy (non-hydrogen) atoms. The Morgan fingerprint density at radius 3 is 2.64 bits per heavy atom. The molecule has 1 unspecified atom stereocenters. The van der Waals surface area contributed by atoms with Crippen molar-refractivity contribution < 1.29 is 4.74 Å². The predicted molar refractivity (Wildman–Crippen MR) is 90.7 cm³/mol. The van der Waals surface area contributed by atoms with E-state index in [9.17, 15) is 0 Å². The largest absolute Gasteiger partial charge is 0.483 e. The average Bonchev–Trinajstić information content (AvgIpc) is 2.90. The Bertz CT molecular complexity index is 795. The lowest BCUT2D eigenvalue weighted by Crippen LogP contribution is -2.07. The van der Waals surface area contributed by atoms with Crippen LogP contribution in [0.2, 0.25) is 5.02 Å². The van der Waals surface area contributed by atoms with E-state index in [2.05, 4.69) is 29.9 Å². The molecule has 0 fully saturated rings. The van der Waals surface area contributed by atoms with E-state index in [0.29, 0.717) is 10.9 Å². The van der Waals surface area contributed by atoms with Crippen molar-refractivity contribution in [3.05, 3.63) is 58.9 Å². The highest BCUT2D eigenvalue weighted by molar-refractivity contribution is 6.31. The molecule has 1 heterocycles. The van der Waals surface area contributed by atoms with Gasteiger partial charge in [0.05, 0.1) is 11.0 Å². The molecule has 0 radical (unpaired) electrons. The van der Waals surface area contributed by atoms with Gasteiger partial charge in [-0.05, 0) is 42.7 Å². The quantitative estimate of drug-likeness (QED) is 0.692. The molecule has 2 aromatic carbocycles. The molecule has 0 saturated heterocycles. The van der Waals surface area contributed by atoms with Crippen LogP contribution in [0.3, 0.4) is 0 Å². The lowest BCUT2D eigenvalue weighted by atomic mass is 10.0. The van der Waals surface area contributed by atoms with Crippen LogP contribution in [-0.2, 0) is 0 Å². The second-order valence-corrected chi connectivity index (χ2v) is 6.17. The summed E-state index contributed by atoms with van der Waals surface area (Å²) in [4.78, 5) is 7.87. The molecule has 0 aliphatic carbocycles. The van der Waals surface area contributed by atoms with Gasteiger partial charge in [-0.1, -0.05) is 43.6 Å². The summed E-state index contributed by atoms with van der Waals surface area (Å²) in [5.74, 6) is 2.12. The van der Waals surface area contributed by atoms with E-state index >= 15 is 0 Å². The molecule has 1 N–H and O–H groups in total. The summed E-state index contributed by atoms with van der Waals surface area (Å²) in [6.45, 7) is 6.32. The van der Waals surface area contributed by atoms with Gasteiger partial charge in [0.2, 0.25) is 0 Å². The van der Waals surface area contributed by atoms with Crippen LogP contribution in [-0.4, -0.2) is 9.97 Å². The summed E-state index contributed by atoms with van der Waals surface area (Å²) in [7, 11) is 0. The maximum absolute atomic E-state index is 6.13. The number of imidazole rings is 1. The summed E-state index contributed by atoms with van der Waals surface area (Å²) in [6.07, 6.45) is -0.161. The van der Waals surface area contributed by atoms with Gasteiger partial charge in [-0.15, -0.1) is 0 Å². The fraction of sp³-hybridized carbons (Fsp3) is 0.278. The molecule has 1 atom stereocenters. The minimum atomic E-state index is -0.161. The fourth-order valence-corrected chi connectivity index (χ4v) is 2.68. The molecule has 3 aromatic rings. The van der Waals surface area contributed by atoms with Gasteiger partial charge in [-0.25, -0.2) is 4.98 Å². The third-order valence-corrected chi connectivity index (χ3v) is 3.93. The summed E-state index contributed by atoms with van der Waals surface area (Å²) in [5, 5.41) is 0.696. The Labute approximate surface area is 135 Å². The van der Waals surface area contributed by atoms with E-state index in [-0.39, 0.29) is 6.10 Å². The molecule has 0 amide bonds. The molecule has 3 nitrogen and oxygen atoms in total. The molecular weight excluding hydrogens is 296 g/mol. The van der Waals surface area contributed by atoms with E-state index < -0.39 is 0 Å². The number of aromatic nitrogens is 2. The average molecular weight is 315 g/mol. The Kier molecular flexibility index (Phi) is 4.08. The van der Waals surface area contributed by atoms with E-state index in [1.165, 1.54) is 5.56 Å². The number of hydrogen-bond donors (Lipinski definition) is 1. The first kappa shape index (κ1) is 14.9. The van der Waals surface area contributed by atoms with Gasteiger partial charge < -0.3 is 9.72 Å². The topological polar surface area (TPSA) is 37.9 Å². The molecule has 114 valence electrons. The van der Waals surface area contributed by atoms with Crippen LogP contribution in [0.25, 0.3) is 11.0 Å². The zero-order valence-corrected chi connectivity index (χ0v) is 13.7. The van der Waals surface area contributed by atoms with Gasteiger partial charge >= 0.3 is 0 Å². The smallest absolute Gasteiger partial charge is 0.153 e. The highest BCUT2D eigenvalue weighted by atomic mass is 35.5. The molecule has 1 aromatic heterocycles. The number of nitrogens with one attached hydrogen (secondary N) is 1. The van der Waals surface area contributed by atoms with Crippen molar-refractivity contribution in [2.45, 2.75) is 32.8 Å². The highest BCUT2D eigenvalue weighted by Crippen LogP contribution is 2.30. The van der Waals surface area contributed by atoms with Gasteiger partial charge in [0.15, 0.2) is 6.10 Å². The molecule has 0 aliphatic rings. The van der Waals surface area contributed by atoms with Gasteiger partial charge in [-0.2, -0.15) is 0 Å². The van der Waals surface area contributed by atoms with Crippen LogP contribution in [0.5, 0.6) is 5.75 Å². The van der Waals surface area contributed by atoms with Crippen molar-refractivity contribution in [3.8, 4) is 5.75 Å². The predicted octanol–water partition coefficient (Wildman–Crippen LogP) is 5.48. The molecule has 0 aliphatic heterocycles. The number of ether oxygens (including phenoxy) is 1. The van der Waals surface area contributed by atoms with Crippen LogP contribution < -0.4 is 4.74 Å². The molecule has 0 bridgehead atoms. The summed E-state index contributed by atoms with van der Waals surface area (Å²) in [5.41, 5.74) is 3.02. The number of fused-ring (bicyclic) bond motifs is 1. The standard InChI is InChI=1S/C18H19ClN2O/c1-11(2)14-6-4-5-7-17(14)22-12(3)18-20-15-9-8-13(19)10-16(15)21-18/h4-12H,1-3H3,(H,20,21). The van der Waals surface area contributed by atoms with E-state index in [4.69, 9.17) is 16.3 Å². The number of halogens is 1. The molecule has 0 spiro atoms. The second-order valence-electron chi connectivity index (χ2n) is 5.74. The van der Waals surface area contributed by atoms with Gasteiger partial charge in [0.1, 0.15) is 11.6 Å². The SMILES string of the molecule is CC(C)c1ccccc1OC(C)c1nc2ccc(Cl)cc2[nH]1. The van der Waals surface area contributed by atoms with Crippen molar-refractivity contribution in [2.75, 3.05) is 0 Å². The molecular formula is C18H19ClN2O. The lowest BCUT2D eigenvalue weighted by Gasteiger charge is -2.17. The Hall–Kier alpha value is -2.00. The Balaban J connectivity index is 1.88. The number of para-hydroxylation sites is 1. The number of H-pyrrole nitrogens is 1. The zero-order valence-electron chi connectivity index (χ0n) is 12.9. The third kappa shape index (κ3) is 2.95. The van der Waals surface area contributed by atoms with E-state index in [1.807, 2.05) is 43.3 Å². The minimum Gasteiger partial charge on any atom is -0.483 e. The first-order valence-electron chi connectivity index (χ1n) is 7.45. The summed E-state index contributed by atoms with van der Waals surface area (Å²) >= 11 is 6.01. The van der Waals surface area contributed by atoms with Crippen molar-refractivity contribution in [1.29, 1.82) is 0 Å². The zero-order chi connectivity index (χ0) is 15.7. The first-order valence-corrected chi connectivity index (χ1v) is 7.83. The number of nitrogens with zero attached hydrogens (tertiary/aromatic N) is 1. The maximum atomic E-state index is 6.13. The van der Waals surface area contributed by atoms with Crippen LogP contribution in [0.1, 0.15) is 44.2 Å². The fourth-order valence-electron chi connectivity index (χ4n) is 2.51. The van der Waals surface area contributed by atoms with Crippen molar-refractivity contribution in [2.24, 2.45) is 0 Å². The van der Waals surface area contributed by atoms with E-state index in [1.54, 1.807) is 0 Å². The number of rotatable bonds is 4. The highest BCUT2D eigenvalue weighted by Gasteiger charge is 2.15. The van der Waals surface area contributed by atoms with Crippen LogP contribution in [0, 0.1) is 0 Å². The number of aromatic amines is 1. The summed E-state index contributed by atoms with van der Waals surface area (Å²) < 4.78 is 6.13. The van der Waals surface area contributed by atoms with Crippen molar-refractivity contribution in [1.82, 2.24) is 9.97 Å². The Morgan fingerprint density at radius 2 is 1.86 bits per heavy atom. The van der Waals surface area contributed by atoms with Crippen molar-refractivity contribution >= 4 is 22.6 Å². The maximum Gasteiger partial charge on any atom is 0.153 e. The van der Waals surface area contributed by atoms with Crippen LogP contribution in [0.15, 0.2) is 42.5 Å². The Morgan fingerprint density at radius 1 is 1.09 bits per heavy atom. The second kappa shape index (κ2) is 6.01. The lowest BCUT2D eigenvalue weighted by molar-refractivity contribution is 0.215.